The maximum atomic E-state index is 15.7. The van der Waals surface area contributed by atoms with Crippen LogP contribution < -0.4 is 14.1 Å². The summed E-state index contributed by atoms with van der Waals surface area (Å²) in [5.41, 5.74) is 9.48. The lowest BCUT2D eigenvalue weighted by molar-refractivity contribution is 0.0193. The van der Waals surface area contributed by atoms with Crippen molar-refractivity contribution in [2.24, 2.45) is 7.05 Å². The third kappa shape index (κ3) is 9.50. The van der Waals surface area contributed by atoms with Crippen LogP contribution in [0.25, 0.3) is 22.3 Å². The number of aromatic nitrogens is 3. The summed E-state index contributed by atoms with van der Waals surface area (Å²) < 4.78 is 23.2. The fourth-order valence-corrected chi connectivity index (χ4v) is 11.0. The van der Waals surface area contributed by atoms with Crippen molar-refractivity contribution in [2.45, 2.75) is 90.3 Å². The maximum absolute atomic E-state index is 15.7. The van der Waals surface area contributed by atoms with E-state index in [9.17, 15) is 0 Å². The van der Waals surface area contributed by atoms with Gasteiger partial charge in [-0.1, -0.05) is 75.4 Å². The molecule has 0 saturated carbocycles. The first kappa shape index (κ1) is 46.3. The van der Waals surface area contributed by atoms with E-state index in [1.807, 2.05) is 109 Å². The number of fused-ring (bicyclic) bond motifs is 3. The van der Waals surface area contributed by atoms with Gasteiger partial charge in [-0.25, -0.2) is 4.98 Å². The third-order valence-electron chi connectivity index (χ3n) is 14.8. The zero-order valence-corrected chi connectivity index (χ0v) is 41.9. The number of morpholine rings is 1. The molecule has 0 spiro atoms. The number of carbonyl (C=O) groups is 2. The smallest absolute Gasteiger partial charge is 0.264 e. The molecule has 12 heteroatoms. The first-order valence-corrected chi connectivity index (χ1v) is 27.5. The molecule has 3 aliphatic rings. The van der Waals surface area contributed by atoms with Crippen LogP contribution in [-0.2, 0) is 44.3 Å². The highest BCUT2D eigenvalue weighted by Crippen LogP contribution is 2.41. The minimum absolute atomic E-state index is 0.0283. The van der Waals surface area contributed by atoms with Crippen LogP contribution in [0.3, 0.4) is 0 Å². The average Bonchev–Trinajstić information content (AvgIpc) is 3.93. The molecule has 10 rings (SSSR count). The van der Waals surface area contributed by atoms with Crippen molar-refractivity contribution in [1.29, 1.82) is 0 Å². The fourth-order valence-electron chi connectivity index (χ4n) is 9.94. The Labute approximate surface area is 407 Å². The van der Waals surface area contributed by atoms with Gasteiger partial charge in [-0.05, 0) is 121 Å². The Bertz CT molecular complexity index is 2980. The molecule has 1 fully saturated rings. The molecule has 6 heterocycles. The van der Waals surface area contributed by atoms with Crippen molar-refractivity contribution in [1.82, 2.24) is 23.9 Å². The average molecular weight is 941 g/mol. The van der Waals surface area contributed by atoms with Crippen molar-refractivity contribution < 1.29 is 23.5 Å². The largest absolute Gasteiger partial charge is 0.544 e. The van der Waals surface area contributed by atoms with Crippen LogP contribution in [0.4, 0.5) is 11.4 Å². The van der Waals surface area contributed by atoms with Gasteiger partial charge in [-0.3, -0.25) is 19.4 Å². The van der Waals surface area contributed by atoms with E-state index in [1.54, 1.807) is 11.1 Å². The van der Waals surface area contributed by atoms with Crippen LogP contribution in [0.1, 0.15) is 76.7 Å². The predicted molar refractivity (Wildman–Crippen MR) is 276 cm³/mol. The zero-order chi connectivity index (χ0) is 47.9. The van der Waals surface area contributed by atoms with Gasteiger partial charge in [0.15, 0.2) is 0 Å². The Hall–Kier alpha value is -6.47. The first-order chi connectivity index (χ1) is 33.3. The highest BCUT2D eigenvalue weighted by molar-refractivity contribution is 6.74. The molecule has 356 valence electrons. The number of ether oxygens (including phenoxy) is 2. The molecule has 4 aromatic carbocycles. The number of aryl methyl sites for hydroxylation is 1. The molecule has 3 aromatic heterocycles. The maximum Gasteiger partial charge on any atom is 0.264 e. The number of anilines is 2. The number of hydrogen-bond acceptors (Lipinski definition) is 7. The molecule has 69 heavy (non-hydrogen) atoms. The van der Waals surface area contributed by atoms with Gasteiger partial charge >= 0.3 is 0 Å². The molecule has 0 N–H and O–H groups in total. The molecule has 0 bridgehead atoms. The lowest BCUT2D eigenvalue weighted by Gasteiger charge is -2.40. The van der Waals surface area contributed by atoms with Gasteiger partial charge in [-0.2, -0.15) is 0 Å². The lowest BCUT2D eigenvalue weighted by atomic mass is 9.92. The van der Waals surface area contributed by atoms with Crippen molar-refractivity contribution >= 4 is 42.5 Å². The summed E-state index contributed by atoms with van der Waals surface area (Å²) in [6, 6.07) is 38.5. The third-order valence-corrected chi connectivity index (χ3v) is 19.2. The summed E-state index contributed by atoms with van der Waals surface area (Å²) in [6.07, 6.45) is 7.19. The minimum Gasteiger partial charge on any atom is -0.544 e. The topological polar surface area (TPSA) is 94.3 Å². The zero-order valence-electron chi connectivity index (χ0n) is 40.9. The van der Waals surface area contributed by atoms with E-state index in [1.165, 1.54) is 5.56 Å². The first-order valence-electron chi connectivity index (χ1n) is 24.6. The summed E-state index contributed by atoms with van der Waals surface area (Å²) in [7, 11) is -0.143. The van der Waals surface area contributed by atoms with Crippen LogP contribution in [-0.4, -0.2) is 82.9 Å². The number of amides is 2. The van der Waals surface area contributed by atoms with Gasteiger partial charge in [0, 0.05) is 80.0 Å². The molecule has 2 amide bonds. The summed E-state index contributed by atoms with van der Waals surface area (Å²) in [5, 5.41) is 0.968. The Morgan fingerprint density at radius 3 is 2.32 bits per heavy atom. The van der Waals surface area contributed by atoms with E-state index in [0.29, 0.717) is 54.6 Å². The molecule has 7 aromatic rings. The fraction of sp³-hybridized carbons (Fsp3) is 0.351. The summed E-state index contributed by atoms with van der Waals surface area (Å²) in [4.78, 5) is 42.5. The van der Waals surface area contributed by atoms with E-state index in [-0.39, 0.29) is 22.9 Å². The van der Waals surface area contributed by atoms with Crippen LogP contribution >= 0.6 is 0 Å². The summed E-state index contributed by atoms with van der Waals surface area (Å²) in [5.74, 6) is 1.20. The van der Waals surface area contributed by atoms with Gasteiger partial charge in [-0.15, -0.1) is 0 Å². The van der Waals surface area contributed by atoms with E-state index in [4.69, 9.17) is 18.9 Å². The van der Waals surface area contributed by atoms with Crippen LogP contribution in [0.5, 0.6) is 11.5 Å². The SMILES string of the molecule is Cn1ccc2cc(N(C(=O)c3cc(-c4ccc(OCc5ccccc5)cc4C(=O)N4Cc5ccccc5C[C@H]4CN4CCOCC4)n4c3CCCC4)c3ccc(O[Si](C)(C)C(C)(C)C)cc3)cnc21. The Kier molecular flexibility index (Phi) is 12.8. The Morgan fingerprint density at radius 2 is 1.55 bits per heavy atom. The second-order valence-electron chi connectivity index (χ2n) is 20.5. The van der Waals surface area contributed by atoms with Crippen molar-refractivity contribution in [3.63, 3.8) is 0 Å². The second kappa shape index (κ2) is 19.1. The van der Waals surface area contributed by atoms with Gasteiger partial charge in [0.05, 0.1) is 36.2 Å². The molecular weight excluding hydrogens is 877 g/mol. The molecule has 11 nitrogen and oxygen atoms in total. The normalized spacial score (nSPS) is 16.5. The molecule has 0 aliphatic carbocycles. The number of nitrogens with zero attached hydrogens (tertiary/aromatic N) is 6. The van der Waals surface area contributed by atoms with Crippen LogP contribution in [0, 0.1) is 0 Å². The molecule has 1 atom stereocenters. The highest BCUT2D eigenvalue weighted by atomic mass is 28.4. The van der Waals surface area contributed by atoms with E-state index in [0.717, 1.165) is 96.7 Å². The van der Waals surface area contributed by atoms with Crippen molar-refractivity contribution in [2.75, 3.05) is 37.7 Å². The lowest BCUT2D eigenvalue weighted by Crippen LogP contribution is -2.52. The monoisotopic (exact) mass is 940 g/mol. The number of pyridine rings is 1. The Morgan fingerprint density at radius 1 is 0.812 bits per heavy atom. The van der Waals surface area contributed by atoms with Gasteiger partial charge in [0.2, 0.25) is 8.32 Å². The number of benzene rings is 4. The number of carbonyl (C=O) groups excluding carboxylic acids is 2. The number of hydrogen-bond donors (Lipinski definition) is 0. The molecule has 3 aliphatic heterocycles. The molecule has 0 unspecified atom stereocenters. The molecular formula is C57H64N6O5Si. The second-order valence-corrected chi connectivity index (χ2v) is 25.2. The molecule has 1 saturated heterocycles. The van der Waals surface area contributed by atoms with E-state index < -0.39 is 8.32 Å². The summed E-state index contributed by atoms with van der Waals surface area (Å²) >= 11 is 0. The highest BCUT2D eigenvalue weighted by Gasteiger charge is 2.39. The van der Waals surface area contributed by atoms with Crippen LogP contribution in [0.15, 0.2) is 128 Å². The van der Waals surface area contributed by atoms with Crippen molar-refractivity contribution in [3.8, 4) is 22.8 Å². The molecule has 0 radical (unpaired) electrons. The van der Waals surface area contributed by atoms with E-state index >= 15 is 9.59 Å². The van der Waals surface area contributed by atoms with Gasteiger partial charge in [0.25, 0.3) is 11.8 Å². The standard InChI is InChI=1S/C57H64N6O5Si/c1-57(2,3)69(5,6)68-47-21-19-44(20-22-47)63(45-33-42-25-27-59(4)54(42)58-36-45)56(65)51-35-53(61-26-13-12-18-52(51)61)49-24-23-48(67-39-40-14-8-7-9-15-40)34-50(49)55(64)62-37-43-17-11-10-16-41(43)32-46(62)38-60-28-30-66-31-29-60/h7-11,14-17,19-25,27,33-36,46H,12-13,18,26,28-32,37-39H2,1-6H3/t46-/m0/s1. The van der Waals surface area contributed by atoms with Crippen molar-refractivity contribution in [3.05, 3.63) is 161 Å². The van der Waals surface area contributed by atoms with Gasteiger partial charge in [0.1, 0.15) is 23.8 Å². The summed E-state index contributed by atoms with van der Waals surface area (Å²) in [6.45, 7) is 16.6. The van der Waals surface area contributed by atoms with Crippen LogP contribution in [0.2, 0.25) is 18.1 Å². The quantitative estimate of drug-likeness (QED) is 0.113. The predicted octanol–water partition coefficient (Wildman–Crippen LogP) is 11.2. The Balaban J connectivity index is 1.07. The van der Waals surface area contributed by atoms with E-state index in [2.05, 4.69) is 72.5 Å². The number of rotatable bonds is 12. The van der Waals surface area contributed by atoms with Gasteiger partial charge < -0.3 is 27.9 Å². The minimum atomic E-state index is -2.12.